The molecule has 1 aromatic carbocycles. The highest BCUT2D eigenvalue weighted by Crippen LogP contribution is 2.53. The van der Waals surface area contributed by atoms with Gasteiger partial charge < -0.3 is 24.5 Å². The minimum absolute atomic E-state index is 0.0892. The summed E-state index contributed by atoms with van der Waals surface area (Å²) in [7, 11) is 1.29. The van der Waals surface area contributed by atoms with E-state index in [1.807, 2.05) is 0 Å². The van der Waals surface area contributed by atoms with Crippen molar-refractivity contribution >= 4 is 17.6 Å². The van der Waals surface area contributed by atoms with Gasteiger partial charge in [-0.25, -0.2) is 4.79 Å². The van der Waals surface area contributed by atoms with Gasteiger partial charge in [0.25, 0.3) is 0 Å². The number of β-amino-alcohol motifs (C(OH)–C–C–N with tert-alkyl or cyclic N) is 1. The Labute approximate surface area is 197 Å². The minimum Gasteiger partial charge on any atom is -0.467 e. The molecule has 1 amide bonds. The fraction of sp³-hybridized carbons (Fsp3) is 0.667. The summed E-state index contributed by atoms with van der Waals surface area (Å²) in [5.74, 6) is -0.724. The first-order chi connectivity index (χ1) is 16.1. The third kappa shape index (κ3) is 5.33. The molecule has 1 aromatic rings. The molecule has 1 spiro atoms. The molecule has 0 radical (unpaired) electrons. The lowest BCUT2D eigenvalue weighted by molar-refractivity contribution is -0.153. The SMILES string of the molecule is COC(=O)C(CCN1CCC2(CC2)C(O)C1)N1CCN(c2cccc(C(F)(F)F)c2)CCC1=O. The van der Waals surface area contributed by atoms with Crippen LogP contribution in [-0.4, -0.2) is 85.3 Å². The molecular weight excluding hydrogens is 451 g/mol. The number of ether oxygens (including phenoxy) is 1. The third-order valence-corrected chi connectivity index (χ3v) is 7.59. The van der Waals surface area contributed by atoms with Gasteiger partial charge in [0.15, 0.2) is 0 Å². The van der Waals surface area contributed by atoms with Crippen LogP contribution in [-0.2, 0) is 20.5 Å². The summed E-state index contributed by atoms with van der Waals surface area (Å²) in [6.45, 7) is 2.75. The van der Waals surface area contributed by atoms with Gasteiger partial charge in [-0.05, 0) is 55.8 Å². The van der Waals surface area contributed by atoms with E-state index >= 15 is 0 Å². The maximum atomic E-state index is 13.1. The standard InChI is InChI=1S/C24H32F3N3O4/c1-34-22(33)19(5-10-28-12-9-23(7-8-23)20(31)16-28)30-14-13-29(11-6-21(30)32)18-4-2-3-17(15-18)24(25,26)27/h2-4,15,19-20,31H,5-14,16H2,1H3. The van der Waals surface area contributed by atoms with Crippen molar-refractivity contribution in [2.45, 2.75) is 50.4 Å². The smallest absolute Gasteiger partial charge is 0.416 e. The van der Waals surface area contributed by atoms with Crippen molar-refractivity contribution in [1.29, 1.82) is 0 Å². The van der Waals surface area contributed by atoms with Crippen LogP contribution in [0, 0.1) is 5.41 Å². The van der Waals surface area contributed by atoms with Crippen LogP contribution < -0.4 is 4.90 Å². The molecule has 0 bridgehead atoms. The Balaban J connectivity index is 1.41. The van der Waals surface area contributed by atoms with Crippen molar-refractivity contribution in [1.82, 2.24) is 9.80 Å². The number of esters is 1. The Hall–Kier alpha value is -2.33. The van der Waals surface area contributed by atoms with Crippen LogP contribution in [0.4, 0.5) is 18.9 Å². The summed E-state index contributed by atoms with van der Waals surface area (Å²) >= 11 is 0. The first kappa shape index (κ1) is 24.8. The van der Waals surface area contributed by atoms with E-state index in [-0.39, 0.29) is 36.9 Å². The second kappa shape index (κ2) is 9.73. The number of benzene rings is 1. The fourth-order valence-electron chi connectivity index (χ4n) is 5.17. The number of methoxy groups -OCH3 is 1. The maximum absolute atomic E-state index is 13.1. The summed E-state index contributed by atoms with van der Waals surface area (Å²) in [4.78, 5) is 30.9. The van der Waals surface area contributed by atoms with Crippen LogP contribution in [0.25, 0.3) is 0 Å². The molecule has 2 saturated heterocycles. The molecule has 4 rings (SSSR count). The molecule has 2 aliphatic heterocycles. The number of hydrogen-bond donors (Lipinski definition) is 1. The third-order valence-electron chi connectivity index (χ3n) is 7.59. The summed E-state index contributed by atoms with van der Waals surface area (Å²) in [5, 5.41) is 10.5. The van der Waals surface area contributed by atoms with E-state index in [1.165, 1.54) is 18.1 Å². The average molecular weight is 484 g/mol. The topological polar surface area (TPSA) is 73.3 Å². The molecule has 1 aliphatic carbocycles. The zero-order chi connectivity index (χ0) is 24.5. The molecule has 2 heterocycles. The van der Waals surface area contributed by atoms with E-state index in [4.69, 9.17) is 4.74 Å². The Morgan fingerprint density at radius 3 is 2.62 bits per heavy atom. The number of likely N-dealkylation sites (tertiary alicyclic amines) is 1. The molecule has 3 fully saturated rings. The molecule has 0 aromatic heterocycles. The van der Waals surface area contributed by atoms with Crippen LogP contribution in [0.3, 0.4) is 0 Å². The van der Waals surface area contributed by atoms with Gasteiger partial charge in [0.2, 0.25) is 5.91 Å². The minimum atomic E-state index is -4.44. The number of aliphatic hydroxyl groups excluding tert-OH is 1. The molecule has 34 heavy (non-hydrogen) atoms. The summed E-state index contributed by atoms with van der Waals surface area (Å²) in [6.07, 6.45) is -1.27. The predicted octanol–water partition coefficient (Wildman–Crippen LogP) is 2.52. The Morgan fingerprint density at radius 1 is 1.21 bits per heavy atom. The molecule has 188 valence electrons. The number of piperidine rings is 1. The van der Waals surface area contributed by atoms with Gasteiger partial charge in [0.1, 0.15) is 6.04 Å². The van der Waals surface area contributed by atoms with Crippen LogP contribution in [0.1, 0.15) is 37.7 Å². The Morgan fingerprint density at radius 2 is 1.97 bits per heavy atom. The number of carbonyl (C=O) groups excluding carboxylic acids is 2. The molecule has 7 nitrogen and oxygen atoms in total. The predicted molar refractivity (Wildman–Crippen MR) is 119 cm³/mol. The number of rotatable bonds is 6. The van der Waals surface area contributed by atoms with Crippen LogP contribution in [0.5, 0.6) is 0 Å². The van der Waals surface area contributed by atoms with Crippen molar-refractivity contribution < 1.29 is 32.6 Å². The summed E-state index contributed by atoms with van der Waals surface area (Å²) in [5.41, 5.74) is -0.247. The highest BCUT2D eigenvalue weighted by molar-refractivity contribution is 5.85. The number of amides is 1. The van der Waals surface area contributed by atoms with Crippen LogP contribution in [0.2, 0.25) is 0 Å². The Bertz CT molecular complexity index is 906. The number of halogens is 3. The number of alkyl halides is 3. The second-order valence-corrected chi connectivity index (χ2v) is 9.63. The number of aliphatic hydroxyl groups is 1. The van der Waals surface area contributed by atoms with Gasteiger partial charge in [0.05, 0.1) is 18.8 Å². The van der Waals surface area contributed by atoms with Gasteiger partial charge >= 0.3 is 12.1 Å². The van der Waals surface area contributed by atoms with Crippen molar-refractivity contribution in [2.24, 2.45) is 5.41 Å². The number of anilines is 1. The fourth-order valence-corrected chi connectivity index (χ4v) is 5.17. The molecular formula is C24H32F3N3O4. The van der Waals surface area contributed by atoms with Crippen LogP contribution in [0.15, 0.2) is 24.3 Å². The largest absolute Gasteiger partial charge is 0.467 e. The maximum Gasteiger partial charge on any atom is 0.416 e. The average Bonchev–Trinajstić information content (AvgIpc) is 3.61. The molecule has 1 saturated carbocycles. The lowest BCUT2D eigenvalue weighted by atomic mass is 9.90. The van der Waals surface area contributed by atoms with E-state index < -0.39 is 23.8 Å². The first-order valence-electron chi connectivity index (χ1n) is 11.8. The molecule has 2 unspecified atom stereocenters. The lowest BCUT2D eigenvalue weighted by Gasteiger charge is -2.37. The zero-order valence-electron chi connectivity index (χ0n) is 19.4. The van der Waals surface area contributed by atoms with E-state index in [2.05, 4.69) is 4.90 Å². The number of carbonyl (C=O) groups is 2. The summed E-state index contributed by atoms with van der Waals surface area (Å²) in [6, 6.07) is 4.30. The van der Waals surface area contributed by atoms with E-state index in [1.54, 1.807) is 11.0 Å². The van der Waals surface area contributed by atoms with Crippen molar-refractivity contribution in [3.8, 4) is 0 Å². The molecule has 1 N–H and O–H groups in total. The Kier molecular flexibility index (Phi) is 7.09. The molecule has 3 aliphatic rings. The monoisotopic (exact) mass is 483 g/mol. The highest BCUT2D eigenvalue weighted by atomic mass is 19.4. The van der Waals surface area contributed by atoms with Gasteiger partial charge in [-0.3, -0.25) is 4.79 Å². The number of nitrogens with zero attached hydrogens (tertiary/aromatic N) is 3. The van der Waals surface area contributed by atoms with Crippen LogP contribution >= 0.6 is 0 Å². The van der Waals surface area contributed by atoms with Crippen molar-refractivity contribution in [3.63, 3.8) is 0 Å². The van der Waals surface area contributed by atoms with Gasteiger partial charge in [-0.2, -0.15) is 13.2 Å². The lowest BCUT2D eigenvalue weighted by Crippen LogP contribution is -2.50. The van der Waals surface area contributed by atoms with E-state index in [9.17, 15) is 27.9 Å². The molecule has 10 heteroatoms. The normalized spacial score (nSPS) is 24.1. The van der Waals surface area contributed by atoms with Crippen molar-refractivity contribution in [2.75, 3.05) is 51.3 Å². The van der Waals surface area contributed by atoms with Gasteiger partial charge in [0, 0.05) is 44.8 Å². The summed E-state index contributed by atoms with van der Waals surface area (Å²) < 4.78 is 44.4. The van der Waals surface area contributed by atoms with Gasteiger partial charge in [-0.1, -0.05) is 6.07 Å². The molecule has 2 atom stereocenters. The van der Waals surface area contributed by atoms with Gasteiger partial charge in [-0.15, -0.1) is 0 Å². The number of hydrogen-bond acceptors (Lipinski definition) is 6. The zero-order valence-corrected chi connectivity index (χ0v) is 19.4. The first-order valence-corrected chi connectivity index (χ1v) is 11.8. The van der Waals surface area contributed by atoms with Crippen molar-refractivity contribution in [3.05, 3.63) is 29.8 Å². The second-order valence-electron chi connectivity index (χ2n) is 9.63. The quantitative estimate of drug-likeness (QED) is 0.627. The highest BCUT2D eigenvalue weighted by Gasteiger charge is 2.51. The van der Waals surface area contributed by atoms with E-state index in [0.29, 0.717) is 31.7 Å². The van der Waals surface area contributed by atoms with E-state index in [0.717, 1.165) is 37.9 Å².